The number of aryl methyl sites for hydroxylation is 1. The number of nitrogens with zero attached hydrogens (tertiary/aromatic N) is 2. The van der Waals surface area contributed by atoms with E-state index < -0.39 is 0 Å². The summed E-state index contributed by atoms with van der Waals surface area (Å²) in [6.07, 6.45) is 2.96. The third-order valence-corrected chi connectivity index (χ3v) is 3.14. The molecule has 3 nitrogen and oxygen atoms in total. The van der Waals surface area contributed by atoms with Gasteiger partial charge in [0, 0.05) is 18.4 Å². The molecule has 18 heavy (non-hydrogen) atoms. The number of benzene rings is 1. The maximum absolute atomic E-state index is 8.85. The molecule has 3 heteroatoms. The fraction of sp³-hybridized carbons (Fsp3) is 0.267. The van der Waals surface area contributed by atoms with Crippen molar-refractivity contribution in [2.24, 2.45) is 5.73 Å². The predicted octanol–water partition coefficient (Wildman–Crippen LogP) is 2.22. The summed E-state index contributed by atoms with van der Waals surface area (Å²) < 4.78 is 2.21. The molecule has 0 aliphatic heterocycles. The van der Waals surface area contributed by atoms with E-state index in [2.05, 4.69) is 22.9 Å². The number of rotatable bonds is 4. The Morgan fingerprint density at radius 2 is 2.17 bits per heavy atom. The molecule has 2 aromatic rings. The van der Waals surface area contributed by atoms with Crippen LogP contribution in [-0.2, 0) is 13.0 Å². The zero-order valence-electron chi connectivity index (χ0n) is 10.6. The Kier molecular flexibility index (Phi) is 3.81. The van der Waals surface area contributed by atoms with Gasteiger partial charge >= 0.3 is 0 Å². The van der Waals surface area contributed by atoms with Crippen molar-refractivity contribution in [1.29, 1.82) is 5.26 Å². The molecule has 1 heterocycles. The van der Waals surface area contributed by atoms with Crippen molar-refractivity contribution in [3.63, 3.8) is 0 Å². The third kappa shape index (κ3) is 2.61. The van der Waals surface area contributed by atoms with Gasteiger partial charge < -0.3 is 10.3 Å². The summed E-state index contributed by atoms with van der Waals surface area (Å²) in [5, 5.41) is 8.85. The average molecular weight is 239 g/mol. The lowest BCUT2D eigenvalue weighted by Crippen LogP contribution is -2.09. The van der Waals surface area contributed by atoms with Gasteiger partial charge in [0.2, 0.25) is 0 Å². The first-order valence-electron chi connectivity index (χ1n) is 6.08. The quantitative estimate of drug-likeness (QED) is 0.889. The largest absolute Gasteiger partial charge is 0.347 e. The maximum Gasteiger partial charge on any atom is 0.0991 e. The van der Waals surface area contributed by atoms with Gasteiger partial charge in [0.15, 0.2) is 0 Å². The van der Waals surface area contributed by atoms with Crippen LogP contribution in [0.15, 0.2) is 36.5 Å². The van der Waals surface area contributed by atoms with E-state index in [0.29, 0.717) is 12.1 Å². The Morgan fingerprint density at radius 1 is 1.33 bits per heavy atom. The minimum absolute atomic E-state index is 0.663. The molecule has 0 radical (unpaired) electrons. The second-order valence-corrected chi connectivity index (χ2v) is 4.42. The van der Waals surface area contributed by atoms with Gasteiger partial charge in [0.25, 0.3) is 0 Å². The van der Waals surface area contributed by atoms with Gasteiger partial charge in [-0.25, -0.2) is 0 Å². The lowest BCUT2D eigenvalue weighted by atomic mass is 10.1. The van der Waals surface area contributed by atoms with E-state index in [1.54, 1.807) is 0 Å². The van der Waals surface area contributed by atoms with Gasteiger partial charge in [0.1, 0.15) is 0 Å². The second-order valence-electron chi connectivity index (χ2n) is 4.42. The monoisotopic (exact) mass is 239 g/mol. The van der Waals surface area contributed by atoms with Gasteiger partial charge in [0.05, 0.1) is 11.6 Å². The lowest BCUT2D eigenvalue weighted by Gasteiger charge is -2.11. The molecular weight excluding hydrogens is 222 g/mol. The molecule has 0 fully saturated rings. The Hall–Kier alpha value is -2.05. The van der Waals surface area contributed by atoms with Crippen LogP contribution in [0.5, 0.6) is 0 Å². The van der Waals surface area contributed by atoms with E-state index in [1.165, 1.54) is 11.3 Å². The molecule has 2 rings (SSSR count). The SMILES string of the molecule is Cc1cc(C#N)ccc1Cn1cccc1CCN. The zero-order valence-corrected chi connectivity index (χ0v) is 10.6. The first-order valence-corrected chi connectivity index (χ1v) is 6.08. The molecule has 0 aliphatic rings. The van der Waals surface area contributed by atoms with Crippen molar-refractivity contribution >= 4 is 0 Å². The molecule has 0 amide bonds. The Balaban J connectivity index is 2.23. The molecule has 0 saturated heterocycles. The van der Waals surface area contributed by atoms with E-state index in [-0.39, 0.29) is 0 Å². The summed E-state index contributed by atoms with van der Waals surface area (Å²) in [5.74, 6) is 0. The van der Waals surface area contributed by atoms with Crippen LogP contribution in [0.2, 0.25) is 0 Å². The van der Waals surface area contributed by atoms with E-state index in [1.807, 2.05) is 31.2 Å². The fourth-order valence-electron chi connectivity index (χ4n) is 2.10. The summed E-state index contributed by atoms with van der Waals surface area (Å²) in [5.41, 5.74) is 9.96. The topological polar surface area (TPSA) is 54.7 Å². The van der Waals surface area contributed by atoms with E-state index in [0.717, 1.165) is 18.5 Å². The highest BCUT2D eigenvalue weighted by atomic mass is 15.0. The molecule has 92 valence electrons. The fourth-order valence-corrected chi connectivity index (χ4v) is 2.10. The van der Waals surface area contributed by atoms with Crippen LogP contribution in [0.3, 0.4) is 0 Å². The van der Waals surface area contributed by atoms with Gasteiger partial charge in [-0.05, 0) is 55.3 Å². The van der Waals surface area contributed by atoms with Crippen molar-refractivity contribution in [2.75, 3.05) is 6.54 Å². The smallest absolute Gasteiger partial charge is 0.0991 e. The normalized spacial score (nSPS) is 10.3. The van der Waals surface area contributed by atoms with Gasteiger partial charge in [-0.15, -0.1) is 0 Å². The molecule has 0 spiro atoms. The summed E-state index contributed by atoms with van der Waals surface area (Å²) in [6.45, 7) is 3.54. The molecule has 0 bridgehead atoms. The summed E-state index contributed by atoms with van der Waals surface area (Å²) >= 11 is 0. The predicted molar refractivity (Wildman–Crippen MR) is 72.2 cm³/mol. The van der Waals surface area contributed by atoms with Crippen LogP contribution < -0.4 is 5.73 Å². The van der Waals surface area contributed by atoms with E-state index >= 15 is 0 Å². The Morgan fingerprint density at radius 3 is 2.83 bits per heavy atom. The van der Waals surface area contributed by atoms with Crippen molar-refractivity contribution in [1.82, 2.24) is 4.57 Å². The van der Waals surface area contributed by atoms with Crippen molar-refractivity contribution in [3.05, 3.63) is 58.9 Å². The van der Waals surface area contributed by atoms with Crippen LogP contribution in [0.4, 0.5) is 0 Å². The highest BCUT2D eigenvalue weighted by Gasteiger charge is 2.04. The molecular formula is C15H17N3. The molecule has 1 aromatic carbocycles. The number of hydrogen-bond acceptors (Lipinski definition) is 2. The molecule has 0 atom stereocenters. The average Bonchev–Trinajstić information content (AvgIpc) is 2.80. The number of nitriles is 1. The van der Waals surface area contributed by atoms with E-state index in [9.17, 15) is 0 Å². The maximum atomic E-state index is 8.85. The van der Waals surface area contributed by atoms with Gasteiger partial charge in [-0.3, -0.25) is 0 Å². The molecule has 0 aliphatic carbocycles. The summed E-state index contributed by atoms with van der Waals surface area (Å²) in [7, 11) is 0. The molecule has 0 saturated carbocycles. The van der Waals surface area contributed by atoms with Crippen LogP contribution >= 0.6 is 0 Å². The van der Waals surface area contributed by atoms with Gasteiger partial charge in [-0.1, -0.05) is 6.07 Å². The lowest BCUT2D eigenvalue weighted by molar-refractivity contribution is 0.733. The zero-order chi connectivity index (χ0) is 13.0. The Bertz CT molecular complexity index is 576. The van der Waals surface area contributed by atoms with Crippen LogP contribution in [-0.4, -0.2) is 11.1 Å². The summed E-state index contributed by atoms with van der Waals surface area (Å²) in [4.78, 5) is 0. The number of aromatic nitrogens is 1. The Labute approximate surface area is 107 Å². The van der Waals surface area contributed by atoms with Crippen LogP contribution in [0.1, 0.15) is 22.4 Å². The van der Waals surface area contributed by atoms with Crippen molar-refractivity contribution < 1.29 is 0 Å². The number of nitrogens with two attached hydrogens (primary N) is 1. The first-order chi connectivity index (χ1) is 8.74. The van der Waals surface area contributed by atoms with Crippen LogP contribution in [0, 0.1) is 18.3 Å². The first kappa shape index (κ1) is 12.4. The third-order valence-electron chi connectivity index (χ3n) is 3.14. The molecule has 1 aromatic heterocycles. The van der Waals surface area contributed by atoms with Gasteiger partial charge in [-0.2, -0.15) is 5.26 Å². The van der Waals surface area contributed by atoms with E-state index in [4.69, 9.17) is 11.0 Å². The number of hydrogen-bond donors (Lipinski definition) is 1. The minimum atomic E-state index is 0.663. The summed E-state index contributed by atoms with van der Waals surface area (Å²) in [6, 6.07) is 12.1. The second kappa shape index (κ2) is 5.52. The van der Waals surface area contributed by atoms with Crippen molar-refractivity contribution in [2.45, 2.75) is 19.9 Å². The highest BCUT2D eigenvalue weighted by Crippen LogP contribution is 2.14. The highest BCUT2D eigenvalue weighted by molar-refractivity contribution is 5.37. The van der Waals surface area contributed by atoms with Crippen LogP contribution in [0.25, 0.3) is 0 Å². The molecule has 0 unspecified atom stereocenters. The standard InChI is InChI=1S/C15H17N3/c1-12-9-13(10-17)4-5-14(12)11-18-8-2-3-15(18)6-7-16/h2-5,8-9H,6-7,11,16H2,1H3. The molecule has 2 N–H and O–H groups in total. The van der Waals surface area contributed by atoms with Crippen molar-refractivity contribution in [3.8, 4) is 6.07 Å². The minimum Gasteiger partial charge on any atom is -0.347 e.